The van der Waals surface area contributed by atoms with Crippen molar-refractivity contribution < 1.29 is 22.7 Å². The summed E-state index contributed by atoms with van der Waals surface area (Å²) in [4.78, 5) is 13.0. The van der Waals surface area contributed by atoms with Gasteiger partial charge in [-0.25, -0.2) is 8.42 Å². The molecular weight excluding hydrogens is 404 g/mol. The minimum absolute atomic E-state index is 0.0848. The maximum absolute atomic E-state index is 13.0. The van der Waals surface area contributed by atoms with Crippen molar-refractivity contribution in [1.82, 2.24) is 5.32 Å². The molecule has 0 atom stereocenters. The second-order valence-electron chi connectivity index (χ2n) is 7.42. The number of carbonyl (C=O) groups excluding carboxylic acids is 1. The molecule has 0 radical (unpaired) electrons. The van der Waals surface area contributed by atoms with Gasteiger partial charge in [0.05, 0.1) is 38.3 Å². The van der Waals surface area contributed by atoms with Crippen molar-refractivity contribution in [2.45, 2.75) is 26.8 Å². The summed E-state index contributed by atoms with van der Waals surface area (Å²) >= 11 is 0. The summed E-state index contributed by atoms with van der Waals surface area (Å²) in [6.07, 6.45) is 1.93. The lowest BCUT2D eigenvalue weighted by Crippen LogP contribution is -2.33. The Morgan fingerprint density at radius 3 is 2.20 bits per heavy atom. The highest BCUT2D eigenvalue weighted by Crippen LogP contribution is 2.36. The number of hydrogen-bond acceptors (Lipinski definition) is 5. The number of rotatable bonds is 10. The standard InChI is InChI=1S/C22H30N2O5S/c1-16(2)11-12-23-22(25)18-13-20(28-3)21(29-4)14-19(18)24(30(5,26)27)15-17-9-7-6-8-10-17/h6-10,13-14,16H,11-12,15H2,1-5H3,(H,23,25). The normalized spacial score (nSPS) is 11.3. The fraction of sp³-hybridized carbons (Fsp3) is 0.409. The van der Waals surface area contributed by atoms with E-state index >= 15 is 0 Å². The molecule has 0 bridgehead atoms. The Bertz CT molecular complexity index is 959. The monoisotopic (exact) mass is 434 g/mol. The van der Waals surface area contributed by atoms with E-state index in [4.69, 9.17) is 9.47 Å². The van der Waals surface area contributed by atoms with Gasteiger partial charge in [0, 0.05) is 12.6 Å². The highest BCUT2D eigenvalue weighted by atomic mass is 32.2. The van der Waals surface area contributed by atoms with Crippen LogP contribution in [0.2, 0.25) is 0 Å². The third kappa shape index (κ3) is 6.13. The van der Waals surface area contributed by atoms with E-state index in [0.717, 1.165) is 18.2 Å². The van der Waals surface area contributed by atoms with E-state index in [1.165, 1.54) is 30.7 Å². The number of carbonyl (C=O) groups is 1. The van der Waals surface area contributed by atoms with Crippen molar-refractivity contribution in [3.05, 3.63) is 53.6 Å². The van der Waals surface area contributed by atoms with Crippen molar-refractivity contribution in [2.24, 2.45) is 5.92 Å². The molecule has 0 saturated carbocycles. The van der Waals surface area contributed by atoms with Crippen LogP contribution in [0, 0.1) is 5.92 Å². The van der Waals surface area contributed by atoms with Crippen LogP contribution in [0.5, 0.6) is 11.5 Å². The first-order valence-electron chi connectivity index (χ1n) is 9.73. The average molecular weight is 435 g/mol. The van der Waals surface area contributed by atoms with E-state index < -0.39 is 10.0 Å². The summed E-state index contributed by atoms with van der Waals surface area (Å²) in [6, 6.07) is 12.2. The van der Waals surface area contributed by atoms with Gasteiger partial charge in [0.1, 0.15) is 0 Å². The number of hydrogen-bond donors (Lipinski definition) is 1. The first-order chi connectivity index (χ1) is 14.2. The van der Waals surface area contributed by atoms with Gasteiger partial charge < -0.3 is 14.8 Å². The molecule has 2 rings (SSSR count). The summed E-state index contributed by atoms with van der Waals surface area (Å²) < 4.78 is 37.3. The van der Waals surface area contributed by atoms with Crippen LogP contribution in [0.15, 0.2) is 42.5 Å². The van der Waals surface area contributed by atoms with Crippen LogP contribution >= 0.6 is 0 Å². The number of ether oxygens (including phenoxy) is 2. The number of amides is 1. The highest BCUT2D eigenvalue weighted by molar-refractivity contribution is 7.92. The van der Waals surface area contributed by atoms with Gasteiger partial charge in [0.2, 0.25) is 10.0 Å². The molecule has 0 spiro atoms. The average Bonchev–Trinajstić information content (AvgIpc) is 2.70. The Labute approximate surface area is 179 Å². The predicted octanol–water partition coefficient (Wildman–Crippen LogP) is 3.45. The Kier molecular flexibility index (Phi) is 8.11. The van der Waals surface area contributed by atoms with Crippen LogP contribution in [0.4, 0.5) is 5.69 Å². The Balaban J connectivity index is 2.56. The number of methoxy groups -OCH3 is 2. The fourth-order valence-electron chi connectivity index (χ4n) is 2.96. The van der Waals surface area contributed by atoms with E-state index in [0.29, 0.717) is 24.0 Å². The Morgan fingerprint density at radius 1 is 1.07 bits per heavy atom. The fourth-order valence-corrected chi connectivity index (χ4v) is 3.85. The molecular formula is C22H30N2O5S. The smallest absolute Gasteiger partial charge is 0.253 e. The predicted molar refractivity (Wildman–Crippen MR) is 119 cm³/mol. The van der Waals surface area contributed by atoms with Gasteiger partial charge in [-0.3, -0.25) is 9.10 Å². The third-order valence-corrected chi connectivity index (χ3v) is 5.72. The SMILES string of the molecule is COc1cc(C(=O)NCCC(C)C)c(N(Cc2ccccc2)S(C)(=O)=O)cc1OC. The maximum atomic E-state index is 13.0. The summed E-state index contributed by atoms with van der Waals surface area (Å²) in [5.41, 5.74) is 1.24. The quantitative estimate of drug-likeness (QED) is 0.619. The zero-order valence-electron chi connectivity index (χ0n) is 18.1. The molecule has 1 N–H and O–H groups in total. The summed E-state index contributed by atoms with van der Waals surface area (Å²) in [5, 5.41) is 2.87. The first-order valence-corrected chi connectivity index (χ1v) is 11.6. The Hall–Kier alpha value is -2.74. The van der Waals surface area contributed by atoms with E-state index in [-0.39, 0.29) is 23.7 Å². The van der Waals surface area contributed by atoms with E-state index in [1.54, 1.807) is 0 Å². The van der Waals surface area contributed by atoms with E-state index in [9.17, 15) is 13.2 Å². The van der Waals surface area contributed by atoms with Gasteiger partial charge in [-0.05, 0) is 24.0 Å². The Morgan fingerprint density at radius 2 is 1.67 bits per heavy atom. The minimum Gasteiger partial charge on any atom is -0.493 e. The number of nitrogens with one attached hydrogen (secondary N) is 1. The number of sulfonamides is 1. The van der Waals surface area contributed by atoms with Crippen molar-refractivity contribution in [2.75, 3.05) is 31.3 Å². The molecule has 0 saturated heterocycles. The topological polar surface area (TPSA) is 84.9 Å². The molecule has 0 fully saturated rings. The zero-order valence-corrected chi connectivity index (χ0v) is 19.0. The van der Waals surface area contributed by atoms with Crippen LogP contribution in [-0.2, 0) is 16.6 Å². The van der Waals surface area contributed by atoms with Gasteiger partial charge >= 0.3 is 0 Å². The lowest BCUT2D eigenvalue weighted by Gasteiger charge is -2.26. The lowest BCUT2D eigenvalue weighted by molar-refractivity contribution is 0.0952. The van der Waals surface area contributed by atoms with E-state index in [1.807, 2.05) is 30.3 Å². The molecule has 0 unspecified atom stereocenters. The van der Waals surface area contributed by atoms with Gasteiger partial charge in [0.25, 0.3) is 5.91 Å². The molecule has 164 valence electrons. The van der Waals surface area contributed by atoms with Crippen molar-refractivity contribution in [3.63, 3.8) is 0 Å². The molecule has 0 heterocycles. The first kappa shape index (κ1) is 23.5. The summed E-state index contributed by atoms with van der Waals surface area (Å²) in [7, 11) is -0.761. The minimum atomic E-state index is -3.69. The van der Waals surface area contributed by atoms with Crippen LogP contribution in [0.1, 0.15) is 36.2 Å². The van der Waals surface area contributed by atoms with Gasteiger partial charge in [-0.15, -0.1) is 0 Å². The molecule has 0 aliphatic rings. The number of benzene rings is 2. The molecule has 7 nitrogen and oxygen atoms in total. The van der Waals surface area contributed by atoms with E-state index in [2.05, 4.69) is 19.2 Å². The lowest BCUT2D eigenvalue weighted by atomic mass is 10.1. The van der Waals surface area contributed by atoms with Crippen molar-refractivity contribution >= 4 is 21.6 Å². The molecule has 0 aliphatic heterocycles. The summed E-state index contributed by atoms with van der Waals surface area (Å²) in [5.74, 6) is 0.755. The molecule has 8 heteroatoms. The maximum Gasteiger partial charge on any atom is 0.253 e. The highest BCUT2D eigenvalue weighted by Gasteiger charge is 2.26. The van der Waals surface area contributed by atoms with Crippen molar-refractivity contribution in [1.29, 1.82) is 0 Å². The molecule has 30 heavy (non-hydrogen) atoms. The van der Waals surface area contributed by atoms with Crippen LogP contribution < -0.4 is 19.1 Å². The number of anilines is 1. The number of nitrogens with zero attached hydrogens (tertiary/aromatic N) is 1. The van der Waals surface area contributed by atoms with Crippen LogP contribution in [0.3, 0.4) is 0 Å². The second kappa shape index (κ2) is 10.3. The van der Waals surface area contributed by atoms with Crippen molar-refractivity contribution in [3.8, 4) is 11.5 Å². The molecule has 1 amide bonds. The zero-order chi connectivity index (χ0) is 22.3. The molecule has 2 aromatic carbocycles. The van der Waals surface area contributed by atoms with Crippen LogP contribution in [0.25, 0.3) is 0 Å². The van der Waals surface area contributed by atoms with Crippen LogP contribution in [-0.4, -0.2) is 41.3 Å². The molecule has 0 aliphatic carbocycles. The van der Waals surface area contributed by atoms with Gasteiger partial charge in [-0.1, -0.05) is 44.2 Å². The largest absolute Gasteiger partial charge is 0.493 e. The summed E-state index contributed by atoms with van der Waals surface area (Å²) in [6.45, 7) is 4.71. The van der Waals surface area contributed by atoms with Gasteiger partial charge in [0.15, 0.2) is 11.5 Å². The van der Waals surface area contributed by atoms with Gasteiger partial charge in [-0.2, -0.15) is 0 Å². The molecule has 2 aromatic rings. The molecule has 0 aromatic heterocycles. The second-order valence-corrected chi connectivity index (χ2v) is 9.32. The third-order valence-electron chi connectivity index (χ3n) is 4.59.